The zero-order chi connectivity index (χ0) is 30.4. The second kappa shape index (κ2) is 11.4. The van der Waals surface area contributed by atoms with Gasteiger partial charge in [0.05, 0.1) is 35.2 Å². The molecule has 0 saturated carbocycles. The van der Waals surface area contributed by atoms with E-state index in [0.717, 1.165) is 32.4 Å². The average Bonchev–Trinajstić information content (AvgIpc) is 3.26. The molecule has 3 aliphatic rings. The summed E-state index contributed by atoms with van der Waals surface area (Å²) in [7, 11) is -1.16. The number of phenols is 1. The minimum atomic E-state index is -1.16. The van der Waals surface area contributed by atoms with Crippen molar-refractivity contribution in [1.29, 1.82) is 0 Å². The third-order valence-corrected chi connectivity index (χ3v) is 8.94. The first-order valence-corrected chi connectivity index (χ1v) is 14.3. The summed E-state index contributed by atoms with van der Waals surface area (Å²) < 4.78 is 5.98. The minimum absolute atomic E-state index is 0.104. The van der Waals surface area contributed by atoms with E-state index in [0.29, 0.717) is 18.4 Å². The normalized spacial score (nSPS) is 24.0. The van der Waals surface area contributed by atoms with Crippen molar-refractivity contribution in [2.75, 3.05) is 11.5 Å². The number of aliphatic hydroxyl groups is 1. The van der Waals surface area contributed by atoms with E-state index in [9.17, 15) is 34.9 Å². The standard InChI is InChI=1S/C32H31BN2O8/c1-18(13-19-10-11-27(37)24-8-3-2-7-23(19)24)9-12-28-29-20(17-36)14-25-30(26(29)16-33(40)43-28)32(39)34(31(25)38)21-5-4-6-22(15-21)35(41)42/h2-8,10-11,13,15,25-26,28,30,36-37,40H,9,12,14,16-17H2,1H3/b18-13+/t25-,26+,28-,30-/m1/s1. The van der Waals surface area contributed by atoms with Crippen LogP contribution < -0.4 is 4.90 Å². The van der Waals surface area contributed by atoms with Gasteiger partial charge >= 0.3 is 7.12 Å². The van der Waals surface area contributed by atoms with E-state index in [1.165, 1.54) is 24.3 Å². The van der Waals surface area contributed by atoms with E-state index >= 15 is 0 Å². The van der Waals surface area contributed by atoms with Crippen LogP contribution in [0.15, 0.2) is 77.4 Å². The monoisotopic (exact) mass is 582 g/mol. The van der Waals surface area contributed by atoms with Gasteiger partial charge in [0.15, 0.2) is 0 Å². The summed E-state index contributed by atoms with van der Waals surface area (Å²) >= 11 is 0. The van der Waals surface area contributed by atoms with Crippen LogP contribution in [0.2, 0.25) is 6.32 Å². The summed E-state index contributed by atoms with van der Waals surface area (Å²) in [6.45, 7) is 1.68. The van der Waals surface area contributed by atoms with Crippen LogP contribution in [0.1, 0.15) is 31.7 Å². The van der Waals surface area contributed by atoms with E-state index in [2.05, 4.69) is 0 Å². The van der Waals surface area contributed by atoms with E-state index in [1.807, 2.05) is 43.3 Å². The highest BCUT2D eigenvalue weighted by Crippen LogP contribution is 2.51. The topological polar surface area (TPSA) is 150 Å². The van der Waals surface area contributed by atoms with Crippen molar-refractivity contribution in [1.82, 2.24) is 0 Å². The van der Waals surface area contributed by atoms with Crippen molar-refractivity contribution in [2.24, 2.45) is 17.8 Å². The number of anilines is 1. The number of nitro groups is 1. The fraction of sp³-hybridized carbons (Fsp3) is 0.312. The number of nitrogens with zero attached hydrogens (tertiary/aromatic N) is 2. The first-order chi connectivity index (χ1) is 20.7. The second-order valence-electron chi connectivity index (χ2n) is 11.5. The van der Waals surface area contributed by atoms with Crippen molar-refractivity contribution < 1.29 is 34.4 Å². The number of non-ortho nitro benzene ring substituents is 1. The molecule has 3 aromatic rings. The number of allylic oxidation sites excluding steroid dienone is 1. The number of imide groups is 1. The number of phenolic OH excluding ortho intramolecular Hbond substituents is 1. The van der Waals surface area contributed by atoms with E-state index in [1.54, 1.807) is 6.07 Å². The Kier molecular flexibility index (Phi) is 7.64. The van der Waals surface area contributed by atoms with Crippen LogP contribution in [0, 0.1) is 27.9 Å². The molecule has 11 heteroatoms. The molecule has 0 unspecified atom stereocenters. The Balaban J connectivity index is 1.27. The van der Waals surface area contributed by atoms with Gasteiger partial charge in [0.25, 0.3) is 5.69 Å². The number of nitro benzene ring substituents is 1. The van der Waals surface area contributed by atoms with E-state index in [-0.39, 0.29) is 36.5 Å². The smallest absolute Gasteiger partial charge is 0.455 e. The van der Waals surface area contributed by atoms with Gasteiger partial charge in [-0.1, -0.05) is 48.0 Å². The zero-order valence-electron chi connectivity index (χ0n) is 23.6. The average molecular weight is 582 g/mol. The van der Waals surface area contributed by atoms with Gasteiger partial charge in [0, 0.05) is 17.5 Å². The number of aromatic hydroxyl groups is 1. The number of fused-ring (bicyclic) bond motifs is 4. The maximum Gasteiger partial charge on any atom is 0.455 e. The molecule has 3 N–H and O–H groups in total. The number of carbonyl (C=O) groups excluding carboxylic acids is 2. The first-order valence-electron chi connectivity index (χ1n) is 14.3. The highest BCUT2D eigenvalue weighted by Gasteiger charge is 2.57. The number of rotatable bonds is 7. The molecule has 10 nitrogen and oxygen atoms in total. The fourth-order valence-electron chi connectivity index (χ4n) is 7.04. The fourth-order valence-corrected chi connectivity index (χ4v) is 7.04. The molecule has 0 radical (unpaired) electrons. The van der Waals surface area contributed by atoms with Gasteiger partial charge in [-0.05, 0) is 72.7 Å². The third-order valence-electron chi connectivity index (χ3n) is 8.94. The van der Waals surface area contributed by atoms with Gasteiger partial charge in [-0.2, -0.15) is 0 Å². The lowest BCUT2D eigenvalue weighted by Gasteiger charge is -2.42. The Hall–Kier alpha value is -4.32. The van der Waals surface area contributed by atoms with Gasteiger partial charge in [-0.3, -0.25) is 19.7 Å². The van der Waals surface area contributed by atoms with E-state index in [4.69, 9.17) is 4.65 Å². The van der Waals surface area contributed by atoms with Gasteiger partial charge in [0.2, 0.25) is 11.8 Å². The van der Waals surface area contributed by atoms with Crippen molar-refractivity contribution in [3.63, 3.8) is 0 Å². The summed E-state index contributed by atoms with van der Waals surface area (Å²) in [4.78, 5) is 39.1. The Morgan fingerprint density at radius 1 is 1.09 bits per heavy atom. The molecular formula is C32H31BN2O8. The number of carbonyl (C=O) groups is 2. The SMILES string of the molecule is C/C(=C\c1ccc(O)c2ccccc12)CC[C@H]1OB(O)C[C@H]2C1=C(CO)C[C@H]1C(=O)N(c3cccc([N+](=O)[O-])c3)C(=O)[C@H]12. The molecule has 1 aliphatic carbocycles. The predicted molar refractivity (Wildman–Crippen MR) is 161 cm³/mol. The second-order valence-corrected chi connectivity index (χ2v) is 11.5. The molecule has 2 saturated heterocycles. The Labute approximate surface area is 248 Å². The van der Waals surface area contributed by atoms with Crippen molar-refractivity contribution in [2.45, 2.75) is 38.6 Å². The summed E-state index contributed by atoms with van der Waals surface area (Å²) in [5.41, 5.74) is 3.31. The molecule has 0 spiro atoms. The lowest BCUT2D eigenvalue weighted by Crippen LogP contribution is -2.46. The van der Waals surface area contributed by atoms with Crippen LogP contribution in [0.5, 0.6) is 5.75 Å². The summed E-state index contributed by atoms with van der Waals surface area (Å²) in [5, 5.41) is 44.4. The summed E-state index contributed by atoms with van der Waals surface area (Å²) in [6.07, 6.45) is 2.85. The summed E-state index contributed by atoms with van der Waals surface area (Å²) in [6, 6.07) is 16.6. The van der Waals surface area contributed by atoms with Crippen molar-refractivity contribution >= 4 is 47.2 Å². The number of hydrogen-bond donors (Lipinski definition) is 3. The van der Waals surface area contributed by atoms with Crippen LogP contribution in [0.4, 0.5) is 11.4 Å². The van der Waals surface area contributed by atoms with Gasteiger partial charge < -0.3 is 19.9 Å². The molecule has 0 bridgehead atoms. The van der Waals surface area contributed by atoms with Crippen LogP contribution in [0.3, 0.4) is 0 Å². The molecule has 220 valence electrons. The Bertz CT molecular complexity index is 1700. The molecule has 6 rings (SSSR count). The lowest BCUT2D eigenvalue weighted by molar-refractivity contribution is -0.384. The highest BCUT2D eigenvalue weighted by atomic mass is 16.6. The largest absolute Gasteiger partial charge is 0.507 e. The molecule has 43 heavy (non-hydrogen) atoms. The molecule has 4 atom stereocenters. The quantitative estimate of drug-likeness (QED) is 0.120. The Morgan fingerprint density at radius 3 is 2.60 bits per heavy atom. The Morgan fingerprint density at radius 2 is 1.86 bits per heavy atom. The predicted octanol–water partition coefficient (Wildman–Crippen LogP) is 4.63. The van der Waals surface area contributed by atoms with Crippen LogP contribution in [-0.2, 0) is 14.2 Å². The van der Waals surface area contributed by atoms with E-state index < -0.39 is 47.7 Å². The zero-order valence-corrected chi connectivity index (χ0v) is 23.6. The molecule has 0 aromatic heterocycles. The third kappa shape index (κ3) is 5.13. The van der Waals surface area contributed by atoms with Gasteiger partial charge in [0.1, 0.15) is 5.75 Å². The maximum absolute atomic E-state index is 13.8. The lowest BCUT2D eigenvalue weighted by atomic mass is 9.58. The minimum Gasteiger partial charge on any atom is -0.507 e. The van der Waals surface area contributed by atoms with Crippen molar-refractivity contribution in [3.05, 3.63) is 93.1 Å². The summed E-state index contributed by atoms with van der Waals surface area (Å²) in [5.74, 6) is -2.73. The highest BCUT2D eigenvalue weighted by molar-refractivity contribution is 6.43. The molecule has 2 amide bonds. The van der Waals surface area contributed by atoms with Gasteiger partial charge in [-0.25, -0.2) is 4.90 Å². The first kappa shape index (κ1) is 28.8. The van der Waals surface area contributed by atoms with Crippen LogP contribution in [0.25, 0.3) is 16.8 Å². The molecule has 2 fully saturated rings. The van der Waals surface area contributed by atoms with Gasteiger partial charge in [-0.15, -0.1) is 0 Å². The number of benzene rings is 3. The van der Waals surface area contributed by atoms with Crippen LogP contribution in [-0.4, -0.2) is 51.8 Å². The maximum atomic E-state index is 13.8. The van der Waals surface area contributed by atoms with Crippen LogP contribution >= 0.6 is 0 Å². The van der Waals surface area contributed by atoms with Crippen molar-refractivity contribution in [3.8, 4) is 5.75 Å². The number of amides is 2. The molecule has 2 aliphatic heterocycles. The molecular weight excluding hydrogens is 551 g/mol. The number of aliphatic hydroxyl groups excluding tert-OH is 1. The molecule has 3 aromatic carbocycles. The number of hydrogen-bond acceptors (Lipinski definition) is 8. The molecule has 2 heterocycles.